The molecule has 1 atom stereocenters. The third kappa shape index (κ3) is 3.53. The average molecular weight is 331 g/mol. The van der Waals surface area contributed by atoms with E-state index in [9.17, 15) is 14.9 Å². The fraction of sp³-hybridized carbons (Fsp3) is 0.375. The summed E-state index contributed by atoms with van der Waals surface area (Å²) >= 11 is 0. The number of nitrogens with zero attached hydrogens (tertiary/aromatic N) is 2. The number of carbonyl (C=O) groups excluding carboxylic acids is 1. The van der Waals surface area contributed by atoms with Gasteiger partial charge in [0.05, 0.1) is 10.6 Å². The molecule has 0 unspecified atom stereocenters. The predicted molar refractivity (Wildman–Crippen MR) is 84.9 cm³/mol. The number of anilines is 1. The molecule has 1 aromatic heterocycles. The second-order valence-electron chi connectivity index (χ2n) is 5.87. The van der Waals surface area contributed by atoms with Crippen molar-refractivity contribution in [2.24, 2.45) is 5.92 Å². The van der Waals surface area contributed by atoms with Gasteiger partial charge in [0, 0.05) is 17.7 Å². The molecule has 8 heteroatoms. The monoisotopic (exact) mass is 331 g/mol. The fourth-order valence-corrected chi connectivity index (χ4v) is 2.66. The average Bonchev–Trinajstić information content (AvgIpc) is 2.95. The highest BCUT2D eigenvalue weighted by Gasteiger charge is 2.24. The van der Waals surface area contributed by atoms with E-state index in [1.165, 1.54) is 24.3 Å². The number of fused-ring (bicyclic) bond motifs is 1. The molecule has 0 spiro atoms. The summed E-state index contributed by atoms with van der Waals surface area (Å²) < 4.78 is 10.5. The van der Waals surface area contributed by atoms with Gasteiger partial charge in [-0.25, -0.2) is 0 Å². The maximum absolute atomic E-state index is 12.0. The lowest BCUT2D eigenvalue weighted by Gasteiger charge is -2.16. The van der Waals surface area contributed by atoms with Crippen LogP contribution in [0.15, 0.2) is 28.8 Å². The minimum Gasteiger partial charge on any atom is -0.484 e. The Morgan fingerprint density at radius 1 is 1.46 bits per heavy atom. The summed E-state index contributed by atoms with van der Waals surface area (Å²) in [6.07, 6.45) is 2.75. The highest BCUT2D eigenvalue weighted by Crippen LogP contribution is 2.30. The molecule has 1 amide bonds. The first-order valence-electron chi connectivity index (χ1n) is 7.67. The number of nitro groups is 1. The molecule has 126 valence electrons. The van der Waals surface area contributed by atoms with Crippen LogP contribution in [0.25, 0.3) is 0 Å². The number of nitro benzene ring substituents is 1. The van der Waals surface area contributed by atoms with Gasteiger partial charge in [-0.05, 0) is 37.3 Å². The minimum atomic E-state index is -0.496. The van der Waals surface area contributed by atoms with Crippen molar-refractivity contribution in [2.75, 3.05) is 11.9 Å². The molecule has 0 saturated carbocycles. The van der Waals surface area contributed by atoms with Crippen LogP contribution in [-0.4, -0.2) is 22.6 Å². The number of rotatable bonds is 5. The number of aromatic nitrogens is 1. The molecule has 0 saturated heterocycles. The van der Waals surface area contributed by atoms with Crippen molar-refractivity contribution in [3.63, 3.8) is 0 Å². The van der Waals surface area contributed by atoms with Crippen LogP contribution in [0.5, 0.6) is 5.75 Å². The van der Waals surface area contributed by atoms with Crippen molar-refractivity contribution in [3.8, 4) is 5.75 Å². The highest BCUT2D eigenvalue weighted by atomic mass is 16.6. The van der Waals surface area contributed by atoms with Crippen LogP contribution in [0.1, 0.15) is 24.6 Å². The minimum absolute atomic E-state index is 0.0331. The van der Waals surface area contributed by atoms with E-state index in [2.05, 4.69) is 17.4 Å². The fourth-order valence-electron chi connectivity index (χ4n) is 2.66. The van der Waals surface area contributed by atoms with Crippen molar-refractivity contribution in [3.05, 3.63) is 45.6 Å². The Morgan fingerprint density at radius 3 is 2.92 bits per heavy atom. The van der Waals surface area contributed by atoms with Gasteiger partial charge in [0.2, 0.25) is 5.88 Å². The molecule has 1 aliphatic rings. The lowest BCUT2D eigenvalue weighted by Crippen LogP contribution is -2.21. The first kappa shape index (κ1) is 16.0. The van der Waals surface area contributed by atoms with Crippen LogP contribution in [0.4, 0.5) is 11.6 Å². The number of amides is 1. The Morgan fingerprint density at radius 2 is 2.21 bits per heavy atom. The van der Waals surface area contributed by atoms with E-state index in [0.29, 0.717) is 17.6 Å². The number of ether oxygens (including phenoxy) is 1. The highest BCUT2D eigenvalue weighted by molar-refractivity contribution is 5.91. The molecule has 1 N–H and O–H groups in total. The lowest BCUT2D eigenvalue weighted by atomic mass is 9.89. The third-order valence-electron chi connectivity index (χ3n) is 3.97. The Hall–Kier alpha value is -2.90. The SMILES string of the molecule is C[C@H]1CCc2noc(NC(=O)COc3ccc([N+](=O)[O-])cc3)c2C1. The molecule has 1 aliphatic carbocycles. The Bertz CT molecular complexity index is 754. The molecule has 0 bridgehead atoms. The second kappa shape index (κ2) is 6.69. The first-order valence-corrected chi connectivity index (χ1v) is 7.67. The summed E-state index contributed by atoms with van der Waals surface area (Å²) in [6, 6.07) is 5.54. The largest absolute Gasteiger partial charge is 0.484 e. The van der Waals surface area contributed by atoms with E-state index < -0.39 is 4.92 Å². The molecule has 0 fully saturated rings. The van der Waals surface area contributed by atoms with E-state index in [0.717, 1.165) is 30.5 Å². The summed E-state index contributed by atoms with van der Waals surface area (Å²) in [6.45, 7) is 1.93. The molecule has 1 aromatic carbocycles. The van der Waals surface area contributed by atoms with Gasteiger partial charge in [0.15, 0.2) is 6.61 Å². The van der Waals surface area contributed by atoms with Crippen LogP contribution in [0.3, 0.4) is 0 Å². The number of hydrogen-bond acceptors (Lipinski definition) is 6. The van der Waals surface area contributed by atoms with E-state index in [4.69, 9.17) is 9.26 Å². The molecule has 24 heavy (non-hydrogen) atoms. The number of hydrogen-bond donors (Lipinski definition) is 1. The van der Waals surface area contributed by atoms with E-state index in [-0.39, 0.29) is 18.2 Å². The number of non-ortho nitro benzene ring substituents is 1. The van der Waals surface area contributed by atoms with Crippen LogP contribution < -0.4 is 10.1 Å². The Kier molecular flexibility index (Phi) is 4.45. The van der Waals surface area contributed by atoms with Gasteiger partial charge in [-0.2, -0.15) is 0 Å². The van der Waals surface area contributed by atoms with Gasteiger partial charge in [0.1, 0.15) is 5.75 Å². The van der Waals surface area contributed by atoms with Crippen molar-refractivity contribution < 1.29 is 19.0 Å². The van der Waals surface area contributed by atoms with Crippen molar-refractivity contribution in [2.45, 2.75) is 26.2 Å². The zero-order chi connectivity index (χ0) is 17.1. The van der Waals surface area contributed by atoms with Gasteiger partial charge in [-0.3, -0.25) is 20.2 Å². The molecule has 0 radical (unpaired) electrons. The number of carbonyl (C=O) groups is 1. The van der Waals surface area contributed by atoms with Gasteiger partial charge in [0.25, 0.3) is 11.6 Å². The number of aryl methyl sites for hydroxylation is 1. The maximum atomic E-state index is 12.0. The Balaban J connectivity index is 1.56. The molecule has 2 aromatic rings. The van der Waals surface area contributed by atoms with Crippen LogP contribution in [0.2, 0.25) is 0 Å². The number of nitrogens with one attached hydrogen (secondary N) is 1. The van der Waals surface area contributed by atoms with Gasteiger partial charge >= 0.3 is 0 Å². The zero-order valence-electron chi connectivity index (χ0n) is 13.2. The second-order valence-corrected chi connectivity index (χ2v) is 5.87. The third-order valence-corrected chi connectivity index (χ3v) is 3.97. The topological polar surface area (TPSA) is 108 Å². The van der Waals surface area contributed by atoms with E-state index >= 15 is 0 Å². The summed E-state index contributed by atoms with van der Waals surface area (Å²) in [4.78, 5) is 22.1. The summed E-state index contributed by atoms with van der Waals surface area (Å²) in [5, 5.41) is 17.2. The van der Waals surface area contributed by atoms with Gasteiger partial charge in [-0.15, -0.1) is 0 Å². The predicted octanol–water partition coefficient (Wildman–Crippen LogP) is 2.73. The first-order chi connectivity index (χ1) is 11.5. The number of benzene rings is 1. The van der Waals surface area contributed by atoms with E-state index in [1.807, 2.05) is 0 Å². The normalized spacial score (nSPS) is 16.3. The quantitative estimate of drug-likeness (QED) is 0.666. The van der Waals surface area contributed by atoms with Crippen molar-refractivity contribution in [1.29, 1.82) is 0 Å². The summed E-state index contributed by atoms with van der Waals surface area (Å²) in [7, 11) is 0. The molecule has 8 nitrogen and oxygen atoms in total. The zero-order valence-corrected chi connectivity index (χ0v) is 13.2. The van der Waals surface area contributed by atoms with Crippen molar-refractivity contribution >= 4 is 17.5 Å². The smallest absolute Gasteiger partial charge is 0.269 e. The van der Waals surface area contributed by atoms with Crippen LogP contribution in [0, 0.1) is 16.0 Å². The van der Waals surface area contributed by atoms with Crippen molar-refractivity contribution in [1.82, 2.24) is 5.16 Å². The van der Waals surface area contributed by atoms with Gasteiger partial charge in [-0.1, -0.05) is 12.1 Å². The Labute approximate surface area is 137 Å². The molecule has 3 rings (SSSR count). The van der Waals surface area contributed by atoms with Crippen LogP contribution in [-0.2, 0) is 17.6 Å². The van der Waals surface area contributed by atoms with E-state index in [1.54, 1.807) is 0 Å². The molecular formula is C16H17N3O5. The van der Waals surface area contributed by atoms with Gasteiger partial charge < -0.3 is 9.26 Å². The lowest BCUT2D eigenvalue weighted by molar-refractivity contribution is -0.384. The molecule has 0 aliphatic heterocycles. The van der Waals surface area contributed by atoms with Crippen LogP contribution >= 0.6 is 0 Å². The molecular weight excluding hydrogens is 314 g/mol. The summed E-state index contributed by atoms with van der Waals surface area (Å²) in [5.74, 6) is 0.923. The maximum Gasteiger partial charge on any atom is 0.269 e. The summed E-state index contributed by atoms with van der Waals surface area (Å²) in [5.41, 5.74) is 1.83. The standard InChI is InChI=1S/C16H17N3O5/c1-10-2-7-14-13(8-10)16(24-18-14)17-15(20)9-23-12-5-3-11(4-6-12)19(21)22/h3-6,10H,2,7-9H2,1H3,(H,17,20)/t10-/m0/s1. The molecule has 1 heterocycles.